The first kappa shape index (κ1) is 12.5. The zero-order valence-electron chi connectivity index (χ0n) is 10.4. The van der Waals surface area contributed by atoms with Crippen LogP contribution in [0.15, 0.2) is 0 Å². The molecule has 1 aliphatic heterocycles. The molecular formula is C12H19N3OS. The monoisotopic (exact) mass is 253 g/mol. The molecule has 4 nitrogen and oxygen atoms in total. The van der Waals surface area contributed by atoms with Crippen molar-refractivity contribution in [2.75, 3.05) is 13.1 Å². The summed E-state index contributed by atoms with van der Waals surface area (Å²) >= 11 is 1.47. The van der Waals surface area contributed by atoms with Gasteiger partial charge in [0.1, 0.15) is 4.88 Å². The average molecular weight is 253 g/mol. The summed E-state index contributed by atoms with van der Waals surface area (Å²) in [6, 6.07) is 0.583. The van der Waals surface area contributed by atoms with Gasteiger partial charge in [0.15, 0.2) is 0 Å². The Labute approximate surface area is 106 Å². The molecule has 5 heteroatoms. The normalized spacial score (nSPS) is 19.5. The van der Waals surface area contributed by atoms with Crippen molar-refractivity contribution in [2.45, 2.75) is 39.2 Å². The second kappa shape index (κ2) is 5.60. The van der Waals surface area contributed by atoms with Crippen molar-refractivity contribution in [2.24, 2.45) is 0 Å². The Morgan fingerprint density at radius 2 is 2.41 bits per heavy atom. The minimum atomic E-state index is 0.0195. The fourth-order valence-corrected chi connectivity index (χ4v) is 3.02. The highest BCUT2D eigenvalue weighted by Gasteiger charge is 2.16. The van der Waals surface area contributed by atoms with Crippen molar-refractivity contribution in [3.63, 3.8) is 0 Å². The van der Waals surface area contributed by atoms with Crippen LogP contribution in [0, 0.1) is 13.8 Å². The molecule has 0 radical (unpaired) electrons. The van der Waals surface area contributed by atoms with E-state index in [0.717, 1.165) is 35.1 Å². The van der Waals surface area contributed by atoms with Crippen LogP contribution >= 0.6 is 11.3 Å². The van der Waals surface area contributed by atoms with Gasteiger partial charge in [-0.2, -0.15) is 0 Å². The van der Waals surface area contributed by atoms with E-state index in [1.807, 2.05) is 13.8 Å². The second-order valence-electron chi connectivity index (χ2n) is 4.49. The maximum atomic E-state index is 11.9. The van der Waals surface area contributed by atoms with E-state index >= 15 is 0 Å². The number of nitrogens with zero attached hydrogens (tertiary/aromatic N) is 1. The molecule has 1 atom stereocenters. The smallest absolute Gasteiger partial charge is 0.263 e. The van der Waals surface area contributed by atoms with Gasteiger partial charge >= 0.3 is 0 Å². The molecule has 1 aromatic heterocycles. The number of hydrogen-bond donors (Lipinski definition) is 2. The predicted molar refractivity (Wildman–Crippen MR) is 69.6 cm³/mol. The summed E-state index contributed by atoms with van der Waals surface area (Å²) in [6.07, 6.45) is 3.50. The Morgan fingerprint density at radius 3 is 3.00 bits per heavy atom. The molecule has 94 valence electrons. The average Bonchev–Trinajstić information content (AvgIpc) is 2.88. The van der Waals surface area contributed by atoms with Crippen molar-refractivity contribution < 1.29 is 4.79 Å². The Bertz CT molecular complexity index is 396. The van der Waals surface area contributed by atoms with Crippen LogP contribution in [-0.2, 0) is 0 Å². The van der Waals surface area contributed by atoms with Gasteiger partial charge in [0, 0.05) is 12.6 Å². The summed E-state index contributed by atoms with van der Waals surface area (Å²) in [5, 5.41) is 7.35. The molecule has 0 unspecified atom stereocenters. The zero-order chi connectivity index (χ0) is 12.3. The zero-order valence-corrected chi connectivity index (χ0v) is 11.2. The highest BCUT2D eigenvalue weighted by molar-refractivity contribution is 7.13. The van der Waals surface area contributed by atoms with E-state index in [1.165, 1.54) is 24.2 Å². The van der Waals surface area contributed by atoms with Crippen LogP contribution < -0.4 is 10.6 Å². The van der Waals surface area contributed by atoms with Crippen LogP contribution in [0.25, 0.3) is 0 Å². The Kier molecular flexibility index (Phi) is 4.12. The third-order valence-corrected chi connectivity index (χ3v) is 4.12. The summed E-state index contributed by atoms with van der Waals surface area (Å²) in [7, 11) is 0. The van der Waals surface area contributed by atoms with Gasteiger partial charge in [-0.15, -0.1) is 11.3 Å². The van der Waals surface area contributed by atoms with Gasteiger partial charge in [0.2, 0.25) is 0 Å². The van der Waals surface area contributed by atoms with Crippen molar-refractivity contribution in [1.29, 1.82) is 0 Å². The minimum absolute atomic E-state index is 0.0195. The molecule has 2 rings (SSSR count). The number of amides is 1. The molecule has 0 spiro atoms. The number of hydrogen-bond acceptors (Lipinski definition) is 4. The second-order valence-corrected chi connectivity index (χ2v) is 5.69. The first-order valence-corrected chi connectivity index (χ1v) is 6.94. The fourth-order valence-electron chi connectivity index (χ4n) is 2.19. The molecule has 2 N–H and O–H groups in total. The number of rotatable bonds is 4. The lowest BCUT2D eigenvalue weighted by Crippen LogP contribution is -2.30. The lowest BCUT2D eigenvalue weighted by molar-refractivity contribution is 0.0955. The highest BCUT2D eigenvalue weighted by Crippen LogP contribution is 2.16. The lowest BCUT2D eigenvalue weighted by Gasteiger charge is -2.10. The minimum Gasteiger partial charge on any atom is -0.351 e. The van der Waals surface area contributed by atoms with Crippen LogP contribution in [0.2, 0.25) is 0 Å². The van der Waals surface area contributed by atoms with E-state index in [4.69, 9.17) is 0 Å². The summed E-state index contributed by atoms with van der Waals surface area (Å²) in [5.41, 5.74) is 0.837. The number of aromatic nitrogens is 1. The Balaban J connectivity index is 1.78. The van der Waals surface area contributed by atoms with E-state index in [9.17, 15) is 4.79 Å². The van der Waals surface area contributed by atoms with E-state index in [0.29, 0.717) is 6.04 Å². The molecular weight excluding hydrogens is 234 g/mol. The number of nitrogens with one attached hydrogen (secondary N) is 2. The molecule has 1 fully saturated rings. The van der Waals surface area contributed by atoms with Crippen LogP contribution in [0.4, 0.5) is 0 Å². The SMILES string of the molecule is Cc1nc(C)c(C(=O)NCC[C@@H]2CCCN2)s1. The molecule has 1 aliphatic rings. The molecule has 0 aromatic carbocycles. The van der Waals surface area contributed by atoms with Gasteiger partial charge in [-0.3, -0.25) is 4.79 Å². The standard InChI is InChI=1S/C12H19N3OS/c1-8-11(17-9(2)15-8)12(16)14-7-5-10-4-3-6-13-10/h10,13H,3-7H2,1-2H3,(H,14,16)/t10-/m0/s1. The number of aryl methyl sites for hydroxylation is 2. The van der Waals surface area contributed by atoms with Gasteiger partial charge in [-0.25, -0.2) is 4.98 Å². The number of thiazole rings is 1. The molecule has 1 amide bonds. The molecule has 2 heterocycles. The van der Waals surface area contributed by atoms with Crippen molar-refractivity contribution in [3.05, 3.63) is 15.6 Å². The third-order valence-electron chi connectivity index (χ3n) is 3.05. The van der Waals surface area contributed by atoms with E-state index < -0.39 is 0 Å². The topological polar surface area (TPSA) is 54.0 Å². The predicted octanol–water partition coefficient (Wildman–Crippen LogP) is 1.63. The first-order chi connectivity index (χ1) is 8.16. The summed E-state index contributed by atoms with van der Waals surface area (Å²) in [4.78, 5) is 16.9. The summed E-state index contributed by atoms with van der Waals surface area (Å²) in [5.74, 6) is 0.0195. The quantitative estimate of drug-likeness (QED) is 0.857. The van der Waals surface area contributed by atoms with Crippen molar-refractivity contribution >= 4 is 17.2 Å². The molecule has 0 aliphatic carbocycles. The maximum absolute atomic E-state index is 11.9. The molecule has 17 heavy (non-hydrogen) atoms. The first-order valence-electron chi connectivity index (χ1n) is 6.12. The van der Waals surface area contributed by atoms with Gasteiger partial charge < -0.3 is 10.6 Å². The van der Waals surface area contributed by atoms with E-state index in [2.05, 4.69) is 15.6 Å². The third kappa shape index (κ3) is 3.26. The van der Waals surface area contributed by atoms with Crippen LogP contribution in [-0.4, -0.2) is 30.0 Å². The van der Waals surface area contributed by atoms with E-state index in [1.54, 1.807) is 0 Å². The Morgan fingerprint density at radius 1 is 1.59 bits per heavy atom. The maximum Gasteiger partial charge on any atom is 0.263 e. The van der Waals surface area contributed by atoms with Crippen molar-refractivity contribution in [3.8, 4) is 0 Å². The van der Waals surface area contributed by atoms with Crippen molar-refractivity contribution in [1.82, 2.24) is 15.6 Å². The molecule has 1 saturated heterocycles. The molecule has 0 bridgehead atoms. The van der Waals surface area contributed by atoms with Gasteiger partial charge in [0.05, 0.1) is 10.7 Å². The largest absolute Gasteiger partial charge is 0.351 e. The number of carbonyl (C=O) groups excluding carboxylic acids is 1. The van der Waals surface area contributed by atoms with Gasteiger partial charge in [0.25, 0.3) is 5.91 Å². The number of carbonyl (C=O) groups is 1. The summed E-state index contributed by atoms with van der Waals surface area (Å²) < 4.78 is 0. The lowest BCUT2D eigenvalue weighted by atomic mass is 10.1. The molecule has 0 saturated carbocycles. The summed E-state index contributed by atoms with van der Waals surface area (Å²) in [6.45, 7) is 5.67. The van der Waals surface area contributed by atoms with E-state index in [-0.39, 0.29) is 5.91 Å². The van der Waals surface area contributed by atoms with Crippen LogP contribution in [0.5, 0.6) is 0 Å². The van der Waals surface area contributed by atoms with Gasteiger partial charge in [-0.05, 0) is 39.7 Å². The van der Waals surface area contributed by atoms with Gasteiger partial charge in [-0.1, -0.05) is 0 Å². The van der Waals surface area contributed by atoms with Crippen LogP contribution in [0.3, 0.4) is 0 Å². The van der Waals surface area contributed by atoms with Crippen LogP contribution in [0.1, 0.15) is 39.6 Å². The Hall–Kier alpha value is -0.940. The fraction of sp³-hybridized carbons (Fsp3) is 0.667. The highest BCUT2D eigenvalue weighted by atomic mass is 32.1. The molecule has 1 aromatic rings.